The molecule has 0 bridgehead atoms. The van der Waals surface area contributed by atoms with Gasteiger partial charge in [-0.1, -0.05) is 34.5 Å². The molecule has 1 aliphatic carbocycles. The minimum atomic E-state index is -0.0836. The smallest absolute Gasteiger partial charge is 0.234 e. The fourth-order valence-electron chi connectivity index (χ4n) is 2.35. The van der Waals surface area contributed by atoms with Crippen LogP contribution >= 0.6 is 15.9 Å². The highest BCUT2D eigenvalue weighted by atomic mass is 79.9. The third-order valence-electron chi connectivity index (χ3n) is 3.41. The van der Waals surface area contributed by atoms with Crippen LogP contribution in [-0.4, -0.2) is 5.91 Å². The molecule has 1 amide bonds. The van der Waals surface area contributed by atoms with E-state index in [-0.39, 0.29) is 11.3 Å². The Hall–Kier alpha value is -0.870. The second-order valence-corrected chi connectivity index (χ2v) is 5.30. The average Bonchev–Trinajstić information content (AvgIpc) is 2.23. The van der Waals surface area contributed by atoms with Gasteiger partial charge in [0.2, 0.25) is 5.91 Å². The Labute approximate surface area is 104 Å². The van der Waals surface area contributed by atoms with Gasteiger partial charge >= 0.3 is 0 Å². The Balaban J connectivity index is 2.24. The summed E-state index contributed by atoms with van der Waals surface area (Å²) in [5, 5.41) is 0. The number of halogens is 1. The van der Waals surface area contributed by atoms with Gasteiger partial charge in [0.15, 0.2) is 0 Å². The normalized spacial score (nSPS) is 17.6. The fourth-order valence-corrected chi connectivity index (χ4v) is 2.75. The lowest BCUT2D eigenvalue weighted by Crippen LogP contribution is -2.42. The lowest BCUT2D eigenvalue weighted by atomic mass is 9.62. The van der Waals surface area contributed by atoms with Gasteiger partial charge in [-0.3, -0.25) is 10.2 Å². The first-order chi connectivity index (χ1) is 7.66. The van der Waals surface area contributed by atoms with Crippen LogP contribution < -0.4 is 11.3 Å². The maximum absolute atomic E-state index is 11.4. The summed E-state index contributed by atoms with van der Waals surface area (Å²) in [5.41, 5.74) is 3.46. The molecule has 16 heavy (non-hydrogen) atoms. The zero-order valence-electron chi connectivity index (χ0n) is 9.00. The van der Waals surface area contributed by atoms with Crippen LogP contribution in [0.25, 0.3) is 0 Å². The predicted molar refractivity (Wildman–Crippen MR) is 66.6 cm³/mol. The molecule has 3 N–H and O–H groups in total. The monoisotopic (exact) mass is 282 g/mol. The molecule has 1 aromatic rings. The van der Waals surface area contributed by atoms with Crippen LogP contribution in [0.15, 0.2) is 28.7 Å². The summed E-state index contributed by atoms with van der Waals surface area (Å²) in [6.07, 6.45) is 3.80. The van der Waals surface area contributed by atoms with Crippen LogP contribution in [0, 0.1) is 0 Å². The second-order valence-electron chi connectivity index (χ2n) is 4.39. The first-order valence-corrected chi connectivity index (χ1v) is 6.21. The number of benzene rings is 1. The summed E-state index contributed by atoms with van der Waals surface area (Å²) >= 11 is 3.47. The van der Waals surface area contributed by atoms with E-state index in [1.165, 1.54) is 12.0 Å². The van der Waals surface area contributed by atoms with Crippen molar-refractivity contribution in [1.82, 2.24) is 5.43 Å². The number of rotatable bonds is 3. The Morgan fingerprint density at radius 1 is 1.50 bits per heavy atom. The highest BCUT2D eigenvalue weighted by Crippen LogP contribution is 2.46. The number of hydrogen-bond acceptors (Lipinski definition) is 2. The van der Waals surface area contributed by atoms with Crippen molar-refractivity contribution in [3.63, 3.8) is 0 Å². The number of nitrogens with two attached hydrogens (primary N) is 1. The van der Waals surface area contributed by atoms with Gasteiger partial charge in [-0.05, 0) is 30.5 Å². The van der Waals surface area contributed by atoms with E-state index in [1.807, 2.05) is 12.1 Å². The van der Waals surface area contributed by atoms with Crippen molar-refractivity contribution in [3.8, 4) is 0 Å². The van der Waals surface area contributed by atoms with Gasteiger partial charge in [0.05, 0.1) is 0 Å². The lowest BCUT2D eigenvalue weighted by molar-refractivity contribution is -0.123. The summed E-state index contributed by atoms with van der Waals surface area (Å²) in [4.78, 5) is 11.4. The van der Waals surface area contributed by atoms with E-state index in [1.54, 1.807) is 0 Å². The highest BCUT2D eigenvalue weighted by molar-refractivity contribution is 9.10. The molecular formula is C12H15BrN2O. The van der Waals surface area contributed by atoms with E-state index in [9.17, 15) is 4.79 Å². The number of amides is 1. The highest BCUT2D eigenvalue weighted by Gasteiger charge is 2.40. The Morgan fingerprint density at radius 2 is 2.25 bits per heavy atom. The molecule has 4 heteroatoms. The van der Waals surface area contributed by atoms with Crippen molar-refractivity contribution < 1.29 is 4.79 Å². The molecule has 1 aromatic carbocycles. The van der Waals surface area contributed by atoms with Crippen LogP contribution in [0.4, 0.5) is 0 Å². The molecule has 0 spiro atoms. The first kappa shape index (κ1) is 11.6. The molecule has 0 heterocycles. The third-order valence-corrected chi connectivity index (χ3v) is 3.90. The van der Waals surface area contributed by atoms with Gasteiger partial charge in [-0.25, -0.2) is 5.84 Å². The van der Waals surface area contributed by atoms with Crippen molar-refractivity contribution in [3.05, 3.63) is 34.3 Å². The second kappa shape index (κ2) is 4.55. The van der Waals surface area contributed by atoms with E-state index >= 15 is 0 Å². The Bertz CT molecular complexity index is 402. The first-order valence-electron chi connectivity index (χ1n) is 5.42. The van der Waals surface area contributed by atoms with Gasteiger partial charge in [-0.2, -0.15) is 0 Å². The molecule has 3 nitrogen and oxygen atoms in total. The zero-order chi connectivity index (χ0) is 11.6. The molecule has 1 aliphatic rings. The van der Waals surface area contributed by atoms with Gasteiger partial charge in [0, 0.05) is 16.3 Å². The van der Waals surface area contributed by atoms with Crippen LogP contribution in [0.3, 0.4) is 0 Å². The Morgan fingerprint density at radius 3 is 2.75 bits per heavy atom. The summed E-state index contributed by atoms with van der Waals surface area (Å²) in [6.45, 7) is 0. The minimum Gasteiger partial charge on any atom is -0.294 e. The van der Waals surface area contributed by atoms with Gasteiger partial charge in [0.1, 0.15) is 0 Å². The van der Waals surface area contributed by atoms with E-state index < -0.39 is 0 Å². The topological polar surface area (TPSA) is 55.1 Å². The molecule has 0 aliphatic heterocycles. The van der Waals surface area contributed by atoms with Crippen LogP contribution in [0.2, 0.25) is 0 Å². The van der Waals surface area contributed by atoms with E-state index in [0.717, 1.165) is 17.3 Å². The van der Waals surface area contributed by atoms with E-state index in [4.69, 9.17) is 5.84 Å². The number of carbonyl (C=O) groups excluding carboxylic acids is 1. The number of carbonyl (C=O) groups is 1. The molecule has 0 saturated heterocycles. The lowest BCUT2D eigenvalue weighted by Gasteiger charge is -2.42. The molecule has 1 fully saturated rings. The maximum Gasteiger partial charge on any atom is 0.234 e. The molecule has 0 atom stereocenters. The van der Waals surface area contributed by atoms with Gasteiger partial charge in [0.25, 0.3) is 0 Å². The molecular weight excluding hydrogens is 268 g/mol. The third kappa shape index (κ3) is 2.13. The summed E-state index contributed by atoms with van der Waals surface area (Å²) in [6, 6.07) is 8.20. The van der Waals surface area contributed by atoms with Gasteiger partial charge in [-0.15, -0.1) is 0 Å². The van der Waals surface area contributed by atoms with Crippen LogP contribution in [0.5, 0.6) is 0 Å². The van der Waals surface area contributed by atoms with E-state index in [0.29, 0.717) is 6.42 Å². The van der Waals surface area contributed by atoms with Crippen molar-refractivity contribution in [2.45, 2.75) is 31.1 Å². The van der Waals surface area contributed by atoms with Crippen molar-refractivity contribution in [1.29, 1.82) is 0 Å². The number of hydrazine groups is 1. The summed E-state index contributed by atoms with van der Waals surface area (Å²) in [5.74, 6) is 5.07. The molecule has 0 unspecified atom stereocenters. The van der Waals surface area contributed by atoms with Crippen molar-refractivity contribution >= 4 is 21.8 Å². The minimum absolute atomic E-state index is 0.00718. The SMILES string of the molecule is NNC(=O)CC1(c2cccc(Br)c2)CCC1. The van der Waals surface area contributed by atoms with Crippen LogP contribution in [-0.2, 0) is 10.2 Å². The fraction of sp³-hybridized carbons (Fsp3) is 0.417. The van der Waals surface area contributed by atoms with Gasteiger partial charge < -0.3 is 0 Å². The Kier molecular flexibility index (Phi) is 3.30. The quantitative estimate of drug-likeness (QED) is 0.508. The molecule has 1 saturated carbocycles. The van der Waals surface area contributed by atoms with Crippen molar-refractivity contribution in [2.75, 3.05) is 0 Å². The number of nitrogens with one attached hydrogen (secondary N) is 1. The van der Waals surface area contributed by atoms with E-state index in [2.05, 4.69) is 33.5 Å². The molecule has 0 radical (unpaired) electrons. The summed E-state index contributed by atoms with van der Waals surface area (Å²) < 4.78 is 1.06. The van der Waals surface area contributed by atoms with Crippen molar-refractivity contribution in [2.24, 2.45) is 5.84 Å². The summed E-state index contributed by atoms with van der Waals surface area (Å²) in [7, 11) is 0. The zero-order valence-corrected chi connectivity index (χ0v) is 10.6. The number of hydrogen-bond donors (Lipinski definition) is 2. The molecule has 86 valence electrons. The standard InChI is InChI=1S/C12H15BrN2O/c13-10-4-1-3-9(7-10)12(5-2-6-12)8-11(16)15-14/h1,3-4,7H,2,5-6,8,14H2,(H,15,16). The van der Waals surface area contributed by atoms with Crippen LogP contribution in [0.1, 0.15) is 31.2 Å². The maximum atomic E-state index is 11.4. The molecule has 2 rings (SSSR count). The molecule has 0 aromatic heterocycles. The largest absolute Gasteiger partial charge is 0.294 e. The predicted octanol–water partition coefficient (Wildman–Crippen LogP) is 2.25. The average molecular weight is 283 g/mol.